The second-order valence-electron chi connectivity index (χ2n) is 10.0. The molecule has 1 saturated carbocycles. The quantitative estimate of drug-likeness (QED) is 0.483. The Morgan fingerprint density at radius 1 is 1.06 bits per heavy atom. The summed E-state index contributed by atoms with van der Waals surface area (Å²) in [6, 6.07) is 15.3. The number of aliphatic carboxylic acids is 1. The van der Waals surface area contributed by atoms with Gasteiger partial charge < -0.3 is 25.4 Å². The molecule has 0 aliphatic heterocycles. The molecule has 2 amide bonds. The normalized spacial score (nSPS) is 17.1. The van der Waals surface area contributed by atoms with Crippen molar-refractivity contribution in [2.24, 2.45) is 5.92 Å². The van der Waals surface area contributed by atoms with Crippen molar-refractivity contribution in [3.8, 4) is 11.1 Å². The summed E-state index contributed by atoms with van der Waals surface area (Å²) in [6.45, 7) is 2.16. The number of hydrogen-bond acceptors (Lipinski definition) is 5. The second-order valence-corrected chi connectivity index (χ2v) is 10.0. The zero-order valence-electron chi connectivity index (χ0n) is 20.4. The lowest BCUT2D eigenvalue weighted by Crippen LogP contribution is -2.58. The van der Waals surface area contributed by atoms with Gasteiger partial charge in [-0.2, -0.15) is 0 Å². The third-order valence-electron chi connectivity index (χ3n) is 6.91. The topological polar surface area (TPSA) is 108 Å². The van der Waals surface area contributed by atoms with E-state index >= 15 is 0 Å². The van der Waals surface area contributed by atoms with Crippen LogP contribution in [-0.4, -0.2) is 66.8 Å². The van der Waals surface area contributed by atoms with E-state index in [1.54, 1.807) is 25.9 Å². The van der Waals surface area contributed by atoms with Crippen molar-refractivity contribution in [3.63, 3.8) is 0 Å². The van der Waals surface area contributed by atoms with Crippen LogP contribution in [0.25, 0.3) is 11.1 Å². The number of carbonyl (C=O) groups excluding carboxylic acids is 2. The molecule has 186 valence electrons. The number of amides is 2. The average molecular weight is 480 g/mol. The van der Waals surface area contributed by atoms with Gasteiger partial charge in [-0.15, -0.1) is 0 Å². The van der Waals surface area contributed by atoms with Crippen molar-refractivity contribution < 1.29 is 24.2 Å². The largest absolute Gasteiger partial charge is 0.481 e. The number of fused-ring (bicyclic) bond motifs is 3. The Kier molecular flexibility index (Phi) is 7.12. The highest BCUT2D eigenvalue weighted by atomic mass is 16.5. The molecule has 0 heterocycles. The Bertz CT molecular complexity index is 1070. The van der Waals surface area contributed by atoms with Gasteiger partial charge in [0.1, 0.15) is 12.6 Å². The number of likely N-dealkylation sites (N-methyl/N-ethyl adjacent to an activating group) is 1. The van der Waals surface area contributed by atoms with Gasteiger partial charge >= 0.3 is 12.1 Å². The molecule has 3 N–H and O–H groups in total. The van der Waals surface area contributed by atoms with E-state index in [-0.39, 0.29) is 31.4 Å². The summed E-state index contributed by atoms with van der Waals surface area (Å²) < 4.78 is 5.61. The van der Waals surface area contributed by atoms with Crippen LogP contribution < -0.4 is 10.6 Å². The molecule has 0 aromatic heterocycles. The highest BCUT2D eigenvalue weighted by molar-refractivity contribution is 5.87. The third-order valence-corrected chi connectivity index (χ3v) is 6.91. The minimum atomic E-state index is -0.964. The fourth-order valence-corrected chi connectivity index (χ4v) is 5.04. The molecule has 35 heavy (non-hydrogen) atoms. The van der Waals surface area contributed by atoms with Crippen LogP contribution in [0.15, 0.2) is 48.5 Å². The number of nitrogens with zero attached hydrogens (tertiary/aromatic N) is 1. The number of carboxylic acid groups (broad SMARTS) is 1. The number of carbonyl (C=O) groups is 3. The molecule has 0 radical (unpaired) electrons. The number of alkyl carbamates (subject to hydrolysis) is 1. The third kappa shape index (κ3) is 5.65. The SMILES string of the molecule is CN(C)C[C@H](NC(=O)OCC1c2ccccc2-c2ccccc21)C(=O)NC(C)(CC(=O)O)C1CC1. The van der Waals surface area contributed by atoms with E-state index in [4.69, 9.17) is 4.74 Å². The summed E-state index contributed by atoms with van der Waals surface area (Å²) in [5.74, 6) is -1.34. The predicted molar refractivity (Wildman–Crippen MR) is 132 cm³/mol. The molecule has 2 aliphatic rings. The number of ether oxygens (including phenoxy) is 1. The van der Waals surface area contributed by atoms with E-state index in [0.717, 1.165) is 35.1 Å². The number of rotatable bonds is 10. The molecular weight excluding hydrogens is 446 g/mol. The van der Waals surface area contributed by atoms with Crippen LogP contribution in [0.1, 0.15) is 43.2 Å². The molecular formula is C27H33N3O5. The first-order chi connectivity index (χ1) is 16.7. The fourth-order valence-electron chi connectivity index (χ4n) is 5.04. The first-order valence-electron chi connectivity index (χ1n) is 12.0. The van der Waals surface area contributed by atoms with Gasteiger partial charge in [-0.25, -0.2) is 4.79 Å². The van der Waals surface area contributed by atoms with Gasteiger partial charge in [0.05, 0.1) is 12.0 Å². The van der Waals surface area contributed by atoms with Crippen molar-refractivity contribution in [2.75, 3.05) is 27.2 Å². The molecule has 2 aromatic carbocycles. The fraction of sp³-hybridized carbons (Fsp3) is 0.444. The van der Waals surface area contributed by atoms with Crippen LogP contribution in [0.2, 0.25) is 0 Å². The van der Waals surface area contributed by atoms with Crippen LogP contribution >= 0.6 is 0 Å². The maximum Gasteiger partial charge on any atom is 0.407 e. The van der Waals surface area contributed by atoms with E-state index < -0.39 is 29.6 Å². The van der Waals surface area contributed by atoms with Gasteiger partial charge in [0.25, 0.3) is 0 Å². The van der Waals surface area contributed by atoms with Crippen molar-refractivity contribution in [3.05, 3.63) is 59.7 Å². The van der Waals surface area contributed by atoms with Crippen molar-refractivity contribution in [1.82, 2.24) is 15.5 Å². The lowest BCUT2D eigenvalue weighted by atomic mass is 9.91. The standard InChI is InChI=1S/C27H33N3O5/c1-27(14-24(31)32,17-12-13-17)29-25(33)23(15-30(2)3)28-26(34)35-16-22-20-10-6-4-8-18(20)19-9-5-7-11-21(19)22/h4-11,17,22-23H,12-16H2,1-3H3,(H,28,34)(H,29,33)(H,31,32)/t23-,27?/m0/s1. The van der Waals surface area contributed by atoms with Gasteiger partial charge in [0.2, 0.25) is 5.91 Å². The predicted octanol–water partition coefficient (Wildman–Crippen LogP) is 3.21. The van der Waals surface area contributed by atoms with Crippen molar-refractivity contribution >= 4 is 18.0 Å². The minimum absolute atomic E-state index is 0.0806. The number of benzene rings is 2. The van der Waals surface area contributed by atoms with Gasteiger partial charge in [-0.3, -0.25) is 9.59 Å². The summed E-state index contributed by atoms with van der Waals surface area (Å²) in [5, 5.41) is 14.9. The Hall–Kier alpha value is -3.39. The average Bonchev–Trinajstić information content (AvgIpc) is 3.61. The molecule has 2 atom stereocenters. The monoisotopic (exact) mass is 479 g/mol. The van der Waals surface area contributed by atoms with E-state index in [1.165, 1.54) is 0 Å². The van der Waals surface area contributed by atoms with Crippen molar-refractivity contribution in [2.45, 2.75) is 43.7 Å². The van der Waals surface area contributed by atoms with Gasteiger partial charge in [0.15, 0.2) is 0 Å². The Labute approximate surface area is 205 Å². The molecule has 2 aliphatic carbocycles. The molecule has 1 unspecified atom stereocenters. The van der Waals surface area contributed by atoms with Crippen LogP contribution in [0.3, 0.4) is 0 Å². The first-order valence-corrected chi connectivity index (χ1v) is 12.0. The van der Waals surface area contributed by atoms with Crippen LogP contribution in [0, 0.1) is 5.92 Å². The molecule has 8 heteroatoms. The zero-order chi connectivity index (χ0) is 25.2. The van der Waals surface area contributed by atoms with E-state index in [0.29, 0.717) is 0 Å². The molecule has 2 aromatic rings. The van der Waals surface area contributed by atoms with Crippen molar-refractivity contribution in [1.29, 1.82) is 0 Å². The van der Waals surface area contributed by atoms with Gasteiger partial charge in [0, 0.05) is 12.5 Å². The van der Waals surface area contributed by atoms with Crippen LogP contribution in [-0.2, 0) is 14.3 Å². The maximum absolute atomic E-state index is 13.1. The second kappa shape index (κ2) is 10.1. The highest BCUT2D eigenvalue weighted by Gasteiger charge is 2.45. The summed E-state index contributed by atoms with van der Waals surface area (Å²) in [6.07, 6.45) is 0.910. The minimum Gasteiger partial charge on any atom is -0.481 e. The smallest absolute Gasteiger partial charge is 0.407 e. The lowest BCUT2D eigenvalue weighted by molar-refractivity contribution is -0.139. The molecule has 4 rings (SSSR count). The molecule has 8 nitrogen and oxygen atoms in total. The molecule has 1 fully saturated rings. The van der Waals surface area contributed by atoms with Crippen LogP contribution in [0.4, 0.5) is 4.79 Å². The molecule has 0 bridgehead atoms. The maximum atomic E-state index is 13.1. The Morgan fingerprint density at radius 2 is 1.63 bits per heavy atom. The summed E-state index contributed by atoms with van der Waals surface area (Å²) in [5.41, 5.74) is 3.64. The van der Waals surface area contributed by atoms with Gasteiger partial charge in [-0.05, 0) is 62.0 Å². The lowest BCUT2D eigenvalue weighted by Gasteiger charge is -2.32. The van der Waals surface area contributed by atoms with E-state index in [2.05, 4.69) is 22.8 Å². The Morgan fingerprint density at radius 3 is 2.14 bits per heavy atom. The van der Waals surface area contributed by atoms with Crippen LogP contribution in [0.5, 0.6) is 0 Å². The molecule has 0 spiro atoms. The van der Waals surface area contributed by atoms with Gasteiger partial charge in [-0.1, -0.05) is 48.5 Å². The first kappa shape index (κ1) is 24.7. The highest BCUT2D eigenvalue weighted by Crippen LogP contribution is 2.44. The summed E-state index contributed by atoms with van der Waals surface area (Å²) >= 11 is 0. The number of nitrogens with one attached hydrogen (secondary N) is 2. The summed E-state index contributed by atoms with van der Waals surface area (Å²) in [7, 11) is 3.61. The van der Waals surface area contributed by atoms with E-state index in [1.807, 2.05) is 36.4 Å². The zero-order valence-corrected chi connectivity index (χ0v) is 20.4. The Balaban J connectivity index is 1.42. The number of carboxylic acids is 1. The summed E-state index contributed by atoms with van der Waals surface area (Å²) in [4.78, 5) is 39.1. The van der Waals surface area contributed by atoms with E-state index in [9.17, 15) is 19.5 Å². The number of hydrogen-bond donors (Lipinski definition) is 3. The molecule has 0 saturated heterocycles.